The first kappa shape index (κ1) is 14.5. The van der Waals surface area contributed by atoms with E-state index in [1.54, 1.807) is 6.08 Å². The van der Waals surface area contributed by atoms with E-state index in [0.717, 1.165) is 11.1 Å². The van der Waals surface area contributed by atoms with Gasteiger partial charge in [0.05, 0.1) is 6.04 Å². The Labute approximate surface area is 124 Å². The van der Waals surface area contributed by atoms with E-state index in [9.17, 15) is 4.79 Å². The van der Waals surface area contributed by atoms with Crippen LogP contribution in [-0.2, 0) is 4.79 Å². The predicted octanol–water partition coefficient (Wildman–Crippen LogP) is 3.47. The maximum Gasteiger partial charge on any atom is 0.262 e. The van der Waals surface area contributed by atoms with Crippen molar-refractivity contribution in [2.75, 3.05) is 0 Å². The van der Waals surface area contributed by atoms with E-state index >= 15 is 0 Å². The molecule has 0 unspecified atom stereocenters. The summed E-state index contributed by atoms with van der Waals surface area (Å²) < 4.78 is 0. The first-order valence-corrected chi connectivity index (χ1v) is 6.73. The number of nitriles is 1. The van der Waals surface area contributed by atoms with Crippen LogP contribution < -0.4 is 5.32 Å². The number of amides is 1. The third-order valence-electron chi connectivity index (χ3n) is 3.12. The molecule has 0 fully saturated rings. The highest BCUT2D eigenvalue weighted by atomic mass is 16.1. The van der Waals surface area contributed by atoms with Crippen LogP contribution in [-0.4, -0.2) is 5.91 Å². The van der Waals surface area contributed by atoms with Gasteiger partial charge >= 0.3 is 0 Å². The molecule has 0 bridgehead atoms. The summed E-state index contributed by atoms with van der Waals surface area (Å²) in [5.74, 6) is -0.363. The molecule has 0 saturated heterocycles. The van der Waals surface area contributed by atoms with Gasteiger partial charge in [0, 0.05) is 0 Å². The van der Waals surface area contributed by atoms with Crippen LogP contribution in [0, 0.1) is 11.3 Å². The molecule has 3 heteroatoms. The topological polar surface area (TPSA) is 52.9 Å². The molecule has 104 valence electrons. The van der Waals surface area contributed by atoms with Crippen molar-refractivity contribution in [3.63, 3.8) is 0 Å². The van der Waals surface area contributed by atoms with E-state index in [0.29, 0.717) is 0 Å². The third kappa shape index (κ3) is 4.05. The second kappa shape index (κ2) is 7.06. The van der Waals surface area contributed by atoms with E-state index in [1.807, 2.05) is 73.7 Å². The van der Waals surface area contributed by atoms with Gasteiger partial charge in [0.2, 0.25) is 0 Å². The van der Waals surface area contributed by atoms with Gasteiger partial charge in [-0.1, -0.05) is 60.7 Å². The van der Waals surface area contributed by atoms with Gasteiger partial charge in [0.25, 0.3) is 5.91 Å². The number of carbonyl (C=O) groups excluding carboxylic acids is 1. The van der Waals surface area contributed by atoms with Crippen LogP contribution in [0.15, 0.2) is 66.2 Å². The van der Waals surface area contributed by atoms with Gasteiger partial charge in [0.1, 0.15) is 11.6 Å². The van der Waals surface area contributed by atoms with Crippen LogP contribution >= 0.6 is 0 Å². The minimum absolute atomic E-state index is 0.101. The molecule has 0 spiro atoms. The van der Waals surface area contributed by atoms with Crippen LogP contribution in [0.1, 0.15) is 24.1 Å². The minimum Gasteiger partial charge on any atom is -0.345 e. The molecular weight excluding hydrogens is 260 g/mol. The van der Waals surface area contributed by atoms with Gasteiger partial charge in [0.15, 0.2) is 0 Å². The highest BCUT2D eigenvalue weighted by Gasteiger charge is 2.13. The molecule has 2 aromatic rings. The van der Waals surface area contributed by atoms with E-state index in [4.69, 9.17) is 5.26 Å². The molecule has 0 heterocycles. The van der Waals surface area contributed by atoms with Crippen LogP contribution in [0.3, 0.4) is 0 Å². The first-order valence-electron chi connectivity index (χ1n) is 6.73. The van der Waals surface area contributed by atoms with Gasteiger partial charge < -0.3 is 5.32 Å². The van der Waals surface area contributed by atoms with Crippen LogP contribution in [0.5, 0.6) is 0 Å². The monoisotopic (exact) mass is 276 g/mol. The van der Waals surface area contributed by atoms with Crippen molar-refractivity contribution in [2.45, 2.75) is 13.0 Å². The van der Waals surface area contributed by atoms with Crippen LogP contribution in [0.25, 0.3) is 6.08 Å². The Morgan fingerprint density at radius 1 is 1.10 bits per heavy atom. The standard InChI is InChI=1S/C18H16N2O/c1-14(16-10-6-3-7-11-16)20-18(21)17(13-19)12-15-8-4-2-5-9-15/h2-12,14H,1H3,(H,20,21)/b17-12+/t14-/m1/s1. The number of carbonyl (C=O) groups is 1. The van der Waals surface area contributed by atoms with Crippen molar-refractivity contribution in [3.8, 4) is 6.07 Å². The summed E-state index contributed by atoms with van der Waals surface area (Å²) in [5, 5.41) is 12.0. The molecule has 2 aromatic carbocycles. The normalized spacial score (nSPS) is 12.3. The van der Waals surface area contributed by atoms with Gasteiger partial charge in [-0.3, -0.25) is 4.79 Å². The lowest BCUT2D eigenvalue weighted by atomic mass is 10.1. The number of hydrogen-bond acceptors (Lipinski definition) is 2. The Hall–Kier alpha value is -2.86. The fraction of sp³-hybridized carbons (Fsp3) is 0.111. The van der Waals surface area contributed by atoms with Gasteiger partial charge in [-0.15, -0.1) is 0 Å². The number of nitrogens with zero attached hydrogens (tertiary/aromatic N) is 1. The first-order chi connectivity index (χ1) is 10.2. The summed E-state index contributed by atoms with van der Waals surface area (Å²) in [6.45, 7) is 1.89. The maximum absolute atomic E-state index is 12.2. The zero-order valence-corrected chi connectivity index (χ0v) is 11.8. The molecule has 0 radical (unpaired) electrons. The Morgan fingerprint density at radius 3 is 2.24 bits per heavy atom. The SMILES string of the molecule is C[C@@H](NC(=O)/C(C#N)=C/c1ccccc1)c1ccccc1. The summed E-state index contributed by atoms with van der Waals surface area (Å²) in [4.78, 5) is 12.2. The van der Waals surface area contributed by atoms with E-state index in [1.165, 1.54) is 0 Å². The van der Waals surface area contributed by atoms with Gasteiger partial charge in [-0.25, -0.2) is 0 Å². The molecule has 1 amide bonds. The van der Waals surface area contributed by atoms with Crippen LogP contribution in [0.4, 0.5) is 0 Å². The van der Waals surface area contributed by atoms with Crippen molar-refractivity contribution in [2.24, 2.45) is 0 Å². The van der Waals surface area contributed by atoms with Gasteiger partial charge in [-0.05, 0) is 24.1 Å². The number of benzene rings is 2. The number of nitrogens with one attached hydrogen (secondary N) is 1. The molecule has 21 heavy (non-hydrogen) atoms. The molecule has 0 aliphatic carbocycles. The van der Waals surface area contributed by atoms with E-state index < -0.39 is 0 Å². The molecule has 0 aliphatic heterocycles. The lowest BCUT2D eigenvalue weighted by Crippen LogP contribution is -2.27. The smallest absolute Gasteiger partial charge is 0.262 e. The zero-order chi connectivity index (χ0) is 15.1. The summed E-state index contributed by atoms with van der Waals surface area (Å²) in [6, 6.07) is 20.8. The fourth-order valence-electron chi connectivity index (χ4n) is 1.96. The highest BCUT2D eigenvalue weighted by Crippen LogP contribution is 2.13. The zero-order valence-electron chi connectivity index (χ0n) is 11.8. The molecule has 0 saturated carbocycles. The molecule has 1 atom stereocenters. The molecule has 2 rings (SSSR count). The lowest BCUT2D eigenvalue weighted by molar-refractivity contribution is -0.117. The maximum atomic E-state index is 12.2. The summed E-state index contributed by atoms with van der Waals surface area (Å²) in [5.41, 5.74) is 1.93. The number of rotatable bonds is 4. The average molecular weight is 276 g/mol. The third-order valence-corrected chi connectivity index (χ3v) is 3.12. The van der Waals surface area contributed by atoms with Crippen molar-refractivity contribution in [1.82, 2.24) is 5.32 Å². The highest BCUT2D eigenvalue weighted by molar-refractivity contribution is 6.01. The average Bonchev–Trinajstić information content (AvgIpc) is 2.54. The second-order valence-corrected chi connectivity index (χ2v) is 4.69. The van der Waals surface area contributed by atoms with Crippen LogP contribution in [0.2, 0.25) is 0 Å². The molecule has 0 aromatic heterocycles. The molecular formula is C18H16N2O. The minimum atomic E-state index is -0.363. The fourth-order valence-corrected chi connectivity index (χ4v) is 1.96. The van der Waals surface area contributed by atoms with Crippen molar-refractivity contribution in [1.29, 1.82) is 5.26 Å². The van der Waals surface area contributed by atoms with Crippen molar-refractivity contribution >= 4 is 12.0 Å². The van der Waals surface area contributed by atoms with Crippen molar-refractivity contribution < 1.29 is 4.79 Å². The molecule has 1 N–H and O–H groups in total. The predicted molar refractivity (Wildman–Crippen MR) is 83.0 cm³/mol. The second-order valence-electron chi connectivity index (χ2n) is 4.69. The Morgan fingerprint density at radius 2 is 1.67 bits per heavy atom. The van der Waals surface area contributed by atoms with E-state index in [-0.39, 0.29) is 17.5 Å². The number of hydrogen-bond donors (Lipinski definition) is 1. The summed E-state index contributed by atoms with van der Waals surface area (Å²) in [6.07, 6.45) is 1.59. The summed E-state index contributed by atoms with van der Waals surface area (Å²) >= 11 is 0. The summed E-state index contributed by atoms with van der Waals surface area (Å²) in [7, 11) is 0. The quantitative estimate of drug-likeness (QED) is 0.686. The molecule has 3 nitrogen and oxygen atoms in total. The molecule has 0 aliphatic rings. The van der Waals surface area contributed by atoms with Crippen molar-refractivity contribution in [3.05, 3.63) is 77.4 Å². The van der Waals surface area contributed by atoms with Gasteiger partial charge in [-0.2, -0.15) is 5.26 Å². The Balaban J connectivity index is 2.11. The Bertz CT molecular complexity index is 669. The van der Waals surface area contributed by atoms with E-state index in [2.05, 4.69) is 5.32 Å². The lowest BCUT2D eigenvalue weighted by Gasteiger charge is -2.13. The Kier molecular flexibility index (Phi) is 4.89. The largest absolute Gasteiger partial charge is 0.345 e.